The smallest absolute Gasteiger partial charge is 0.127 e. The topological polar surface area (TPSA) is 9.23 Å². The Bertz CT molecular complexity index is 460. The average molecular weight is 200 g/mol. The molecule has 78 valence electrons. The van der Waals surface area contributed by atoms with Crippen LogP contribution in [0.4, 0.5) is 0 Å². The maximum atomic E-state index is 5.62. The minimum absolute atomic E-state index is 0.718. The Hall–Kier alpha value is -1.50. The summed E-state index contributed by atoms with van der Waals surface area (Å²) in [6.07, 6.45) is 1.06. The van der Waals surface area contributed by atoms with Crippen LogP contribution in [0.2, 0.25) is 0 Å². The first kappa shape index (κ1) is 10.0. The molecule has 0 saturated heterocycles. The van der Waals surface area contributed by atoms with Crippen molar-refractivity contribution >= 4 is 10.8 Å². The molecule has 2 aromatic rings. The lowest BCUT2D eigenvalue weighted by atomic mass is 10.0. The first-order chi connectivity index (χ1) is 7.36. The molecule has 0 amide bonds. The van der Waals surface area contributed by atoms with Gasteiger partial charge in [0, 0.05) is 5.39 Å². The van der Waals surface area contributed by atoms with Crippen molar-refractivity contribution in [1.82, 2.24) is 0 Å². The van der Waals surface area contributed by atoms with Gasteiger partial charge in [-0.3, -0.25) is 0 Å². The van der Waals surface area contributed by atoms with Crippen LogP contribution in [0.5, 0.6) is 5.75 Å². The molecule has 0 unspecified atom stereocenters. The maximum Gasteiger partial charge on any atom is 0.127 e. The molecule has 0 aromatic heterocycles. The highest BCUT2D eigenvalue weighted by Gasteiger charge is 2.03. The van der Waals surface area contributed by atoms with E-state index in [0.29, 0.717) is 0 Å². The van der Waals surface area contributed by atoms with Crippen LogP contribution in [0, 0.1) is 0 Å². The molecule has 2 aromatic carbocycles. The molecule has 1 heteroatoms. The zero-order valence-electron chi connectivity index (χ0n) is 9.29. The van der Waals surface area contributed by atoms with E-state index in [1.807, 2.05) is 13.0 Å². The molecule has 0 saturated carbocycles. The lowest BCUT2D eigenvalue weighted by molar-refractivity contribution is 0.344. The van der Waals surface area contributed by atoms with E-state index < -0.39 is 0 Å². The Kier molecular flexibility index (Phi) is 2.91. The monoisotopic (exact) mass is 200 g/mol. The minimum Gasteiger partial charge on any atom is -0.493 e. The van der Waals surface area contributed by atoms with Crippen LogP contribution in [0.25, 0.3) is 10.8 Å². The van der Waals surface area contributed by atoms with E-state index in [-0.39, 0.29) is 0 Å². The first-order valence-electron chi connectivity index (χ1n) is 5.50. The molecule has 0 N–H and O–H groups in total. The Morgan fingerprint density at radius 1 is 0.933 bits per heavy atom. The van der Waals surface area contributed by atoms with Crippen molar-refractivity contribution in [2.45, 2.75) is 20.3 Å². The van der Waals surface area contributed by atoms with Gasteiger partial charge >= 0.3 is 0 Å². The van der Waals surface area contributed by atoms with Crippen molar-refractivity contribution in [2.24, 2.45) is 0 Å². The van der Waals surface area contributed by atoms with Gasteiger partial charge in [0.2, 0.25) is 0 Å². The molecule has 0 aliphatic carbocycles. The summed E-state index contributed by atoms with van der Waals surface area (Å²) in [5.74, 6) is 0.991. The number of hydrogen-bond donors (Lipinski definition) is 0. The molecule has 0 radical (unpaired) electrons. The lowest BCUT2D eigenvalue weighted by Crippen LogP contribution is -1.93. The molecule has 0 atom stereocenters. The summed E-state index contributed by atoms with van der Waals surface area (Å²) in [4.78, 5) is 0. The molecule has 0 heterocycles. The molecular formula is C14H16O. The number of rotatable bonds is 3. The van der Waals surface area contributed by atoms with Crippen molar-refractivity contribution in [3.05, 3.63) is 42.0 Å². The van der Waals surface area contributed by atoms with E-state index in [1.54, 1.807) is 0 Å². The van der Waals surface area contributed by atoms with Crippen molar-refractivity contribution in [2.75, 3.05) is 6.61 Å². The highest BCUT2D eigenvalue weighted by Crippen LogP contribution is 2.28. The van der Waals surface area contributed by atoms with Crippen molar-refractivity contribution in [3.63, 3.8) is 0 Å². The van der Waals surface area contributed by atoms with Crippen LogP contribution in [-0.2, 0) is 6.42 Å². The van der Waals surface area contributed by atoms with E-state index in [0.717, 1.165) is 18.8 Å². The average Bonchev–Trinajstić information content (AvgIpc) is 2.29. The molecule has 0 aliphatic heterocycles. The van der Waals surface area contributed by atoms with Crippen LogP contribution in [0.3, 0.4) is 0 Å². The highest BCUT2D eigenvalue weighted by atomic mass is 16.5. The standard InChI is InChI=1S/C14H16O/c1-3-11-7-5-9-13-12(11)8-6-10-14(13)15-4-2/h5-10H,3-4H2,1-2H3. The Balaban J connectivity index is 2.65. The zero-order valence-corrected chi connectivity index (χ0v) is 9.29. The van der Waals surface area contributed by atoms with Crippen LogP contribution in [0.15, 0.2) is 36.4 Å². The third kappa shape index (κ3) is 1.82. The normalized spacial score (nSPS) is 10.5. The largest absolute Gasteiger partial charge is 0.493 e. The fourth-order valence-electron chi connectivity index (χ4n) is 1.94. The highest BCUT2D eigenvalue weighted by molar-refractivity contribution is 5.90. The second kappa shape index (κ2) is 4.35. The van der Waals surface area contributed by atoms with Gasteiger partial charge in [-0.1, -0.05) is 37.3 Å². The van der Waals surface area contributed by atoms with Crippen molar-refractivity contribution < 1.29 is 4.74 Å². The SMILES string of the molecule is CCOc1cccc2c(CC)cccc12. The third-order valence-electron chi connectivity index (χ3n) is 2.65. The predicted octanol–water partition coefficient (Wildman–Crippen LogP) is 3.80. The summed E-state index contributed by atoms with van der Waals surface area (Å²) in [5.41, 5.74) is 1.38. The molecule has 15 heavy (non-hydrogen) atoms. The van der Waals surface area contributed by atoms with Gasteiger partial charge in [0.25, 0.3) is 0 Å². The fourth-order valence-corrected chi connectivity index (χ4v) is 1.94. The van der Waals surface area contributed by atoms with Crippen LogP contribution >= 0.6 is 0 Å². The second-order valence-corrected chi connectivity index (χ2v) is 3.55. The second-order valence-electron chi connectivity index (χ2n) is 3.55. The van der Waals surface area contributed by atoms with Gasteiger partial charge in [-0.2, -0.15) is 0 Å². The Morgan fingerprint density at radius 3 is 2.40 bits per heavy atom. The third-order valence-corrected chi connectivity index (χ3v) is 2.65. The molecule has 0 aliphatic rings. The number of ether oxygens (including phenoxy) is 1. The molecule has 1 nitrogen and oxygen atoms in total. The first-order valence-corrected chi connectivity index (χ1v) is 5.50. The van der Waals surface area contributed by atoms with E-state index in [1.165, 1.54) is 16.3 Å². The van der Waals surface area contributed by atoms with Gasteiger partial charge in [-0.25, -0.2) is 0 Å². The number of benzene rings is 2. The fraction of sp³-hybridized carbons (Fsp3) is 0.286. The minimum atomic E-state index is 0.718. The molecule has 0 spiro atoms. The molecule has 2 rings (SSSR count). The van der Waals surface area contributed by atoms with Gasteiger partial charge in [0.1, 0.15) is 5.75 Å². The number of hydrogen-bond acceptors (Lipinski definition) is 1. The van der Waals surface area contributed by atoms with E-state index in [4.69, 9.17) is 4.74 Å². The Labute approximate surface area is 90.7 Å². The van der Waals surface area contributed by atoms with Crippen LogP contribution < -0.4 is 4.74 Å². The maximum absolute atomic E-state index is 5.62. The zero-order chi connectivity index (χ0) is 10.7. The van der Waals surface area contributed by atoms with Gasteiger partial charge in [0.05, 0.1) is 6.61 Å². The van der Waals surface area contributed by atoms with Gasteiger partial charge < -0.3 is 4.74 Å². The van der Waals surface area contributed by atoms with E-state index in [2.05, 4.69) is 37.3 Å². The van der Waals surface area contributed by atoms with E-state index >= 15 is 0 Å². The van der Waals surface area contributed by atoms with E-state index in [9.17, 15) is 0 Å². The summed E-state index contributed by atoms with van der Waals surface area (Å²) in [6.45, 7) is 4.92. The summed E-state index contributed by atoms with van der Waals surface area (Å²) in [7, 11) is 0. The molecular weight excluding hydrogens is 184 g/mol. The quantitative estimate of drug-likeness (QED) is 0.732. The van der Waals surface area contributed by atoms with Gasteiger partial charge in [-0.05, 0) is 30.4 Å². The van der Waals surface area contributed by atoms with Gasteiger partial charge in [0.15, 0.2) is 0 Å². The molecule has 0 fully saturated rings. The molecule has 0 bridgehead atoms. The lowest BCUT2D eigenvalue weighted by Gasteiger charge is -2.09. The predicted molar refractivity (Wildman–Crippen MR) is 64.5 cm³/mol. The van der Waals surface area contributed by atoms with Crippen molar-refractivity contribution in [1.29, 1.82) is 0 Å². The summed E-state index contributed by atoms with van der Waals surface area (Å²) >= 11 is 0. The van der Waals surface area contributed by atoms with Crippen LogP contribution in [0.1, 0.15) is 19.4 Å². The van der Waals surface area contributed by atoms with Gasteiger partial charge in [-0.15, -0.1) is 0 Å². The summed E-state index contributed by atoms with van der Waals surface area (Å²) in [6, 6.07) is 12.7. The van der Waals surface area contributed by atoms with Crippen molar-refractivity contribution in [3.8, 4) is 5.75 Å². The number of aryl methyl sites for hydroxylation is 1. The summed E-state index contributed by atoms with van der Waals surface area (Å²) in [5, 5.41) is 2.53. The Morgan fingerprint density at radius 2 is 1.67 bits per heavy atom. The number of fused-ring (bicyclic) bond motifs is 1. The van der Waals surface area contributed by atoms with Crippen LogP contribution in [-0.4, -0.2) is 6.61 Å². The summed E-state index contributed by atoms with van der Waals surface area (Å²) < 4.78 is 5.62.